The van der Waals surface area contributed by atoms with Crippen LogP contribution in [0.1, 0.15) is 18.4 Å². The van der Waals surface area contributed by atoms with Gasteiger partial charge in [-0.1, -0.05) is 0 Å². The van der Waals surface area contributed by atoms with Crippen molar-refractivity contribution in [1.82, 2.24) is 9.97 Å². The van der Waals surface area contributed by atoms with Crippen LogP contribution in [0.2, 0.25) is 0 Å². The second kappa shape index (κ2) is 5.29. The van der Waals surface area contributed by atoms with E-state index in [9.17, 15) is 0 Å². The van der Waals surface area contributed by atoms with Gasteiger partial charge in [-0.2, -0.15) is 0 Å². The highest BCUT2D eigenvalue weighted by Gasteiger charge is 2.21. The highest BCUT2D eigenvalue weighted by atomic mass is 16.5. The van der Waals surface area contributed by atoms with Gasteiger partial charge in [-0.05, 0) is 19.8 Å². The third kappa shape index (κ3) is 2.48. The number of piperidine rings is 1. The first-order valence-corrected chi connectivity index (χ1v) is 5.82. The van der Waals surface area contributed by atoms with E-state index in [1.807, 2.05) is 6.92 Å². The molecular weight excluding hydrogens is 218 g/mol. The van der Waals surface area contributed by atoms with E-state index in [1.165, 1.54) is 0 Å². The Morgan fingerprint density at radius 2 is 2.12 bits per heavy atom. The minimum absolute atomic E-state index is 0.375. The van der Waals surface area contributed by atoms with Gasteiger partial charge in [0.2, 0.25) is 0 Å². The molecule has 2 rings (SSSR count). The van der Waals surface area contributed by atoms with Crippen molar-refractivity contribution >= 4 is 11.6 Å². The summed E-state index contributed by atoms with van der Waals surface area (Å²) in [7, 11) is 1.77. The third-order valence-corrected chi connectivity index (χ3v) is 3.27. The molecular formula is C11H19N5O. The van der Waals surface area contributed by atoms with Crippen molar-refractivity contribution in [3.63, 3.8) is 0 Å². The highest BCUT2D eigenvalue weighted by molar-refractivity contribution is 5.57. The van der Waals surface area contributed by atoms with Crippen molar-refractivity contribution < 1.29 is 4.74 Å². The number of nitrogen functional groups attached to an aromatic ring is 1. The van der Waals surface area contributed by atoms with E-state index in [4.69, 9.17) is 10.6 Å². The fourth-order valence-electron chi connectivity index (χ4n) is 2.21. The molecule has 0 aromatic carbocycles. The summed E-state index contributed by atoms with van der Waals surface area (Å²) in [4.78, 5) is 10.7. The fourth-order valence-corrected chi connectivity index (χ4v) is 2.21. The van der Waals surface area contributed by atoms with E-state index in [2.05, 4.69) is 20.3 Å². The van der Waals surface area contributed by atoms with E-state index in [1.54, 1.807) is 13.4 Å². The van der Waals surface area contributed by atoms with Crippen molar-refractivity contribution in [3.8, 4) is 0 Å². The Morgan fingerprint density at radius 3 is 2.71 bits per heavy atom. The predicted molar refractivity (Wildman–Crippen MR) is 66.8 cm³/mol. The molecule has 1 aliphatic heterocycles. The van der Waals surface area contributed by atoms with Crippen molar-refractivity contribution in [3.05, 3.63) is 11.9 Å². The van der Waals surface area contributed by atoms with Crippen molar-refractivity contribution in [2.45, 2.75) is 25.9 Å². The number of ether oxygens (including phenoxy) is 1. The van der Waals surface area contributed by atoms with Gasteiger partial charge in [0.25, 0.3) is 0 Å². The lowest BCUT2D eigenvalue weighted by Crippen LogP contribution is -2.37. The van der Waals surface area contributed by atoms with Crippen LogP contribution in [-0.4, -0.2) is 36.3 Å². The van der Waals surface area contributed by atoms with Crippen molar-refractivity contribution in [2.75, 3.05) is 30.5 Å². The number of aromatic nitrogens is 2. The van der Waals surface area contributed by atoms with Crippen LogP contribution >= 0.6 is 0 Å². The summed E-state index contributed by atoms with van der Waals surface area (Å²) in [5.74, 6) is 7.06. The number of hydrazine groups is 1. The summed E-state index contributed by atoms with van der Waals surface area (Å²) in [6.45, 7) is 3.90. The molecule has 0 atom stereocenters. The Hall–Kier alpha value is -1.40. The SMILES string of the molecule is COC1CCN(c2ncnc(NN)c2C)CC1. The standard InChI is InChI=1S/C11H19N5O/c1-8-10(15-12)13-7-14-11(8)16-5-3-9(17-2)4-6-16/h7,9H,3-6,12H2,1-2H3,(H,13,14,15). The Balaban J connectivity index is 2.13. The number of nitrogens with two attached hydrogens (primary N) is 1. The van der Waals surface area contributed by atoms with Crippen LogP contribution in [0.25, 0.3) is 0 Å². The maximum Gasteiger partial charge on any atom is 0.148 e. The molecule has 0 bridgehead atoms. The van der Waals surface area contributed by atoms with Gasteiger partial charge in [0.05, 0.1) is 6.10 Å². The topological polar surface area (TPSA) is 76.3 Å². The van der Waals surface area contributed by atoms with Crippen LogP contribution in [-0.2, 0) is 4.74 Å². The molecule has 1 aromatic heterocycles. The molecule has 1 aliphatic rings. The highest BCUT2D eigenvalue weighted by Crippen LogP contribution is 2.25. The summed E-state index contributed by atoms with van der Waals surface area (Å²) in [6.07, 6.45) is 3.98. The van der Waals surface area contributed by atoms with Gasteiger partial charge in [-0.25, -0.2) is 15.8 Å². The van der Waals surface area contributed by atoms with Crippen LogP contribution in [0.4, 0.5) is 11.6 Å². The van der Waals surface area contributed by atoms with Crippen LogP contribution in [0.3, 0.4) is 0 Å². The maximum atomic E-state index is 5.41. The maximum absolute atomic E-state index is 5.41. The second-order valence-electron chi connectivity index (χ2n) is 4.24. The monoisotopic (exact) mass is 237 g/mol. The van der Waals surface area contributed by atoms with Crippen LogP contribution in [0.5, 0.6) is 0 Å². The second-order valence-corrected chi connectivity index (χ2v) is 4.24. The van der Waals surface area contributed by atoms with Gasteiger partial charge in [-0.3, -0.25) is 0 Å². The van der Waals surface area contributed by atoms with Gasteiger partial charge in [0.1, 0.15) is 18.0 Å². The fraction of sp³-hybridized carbons (Fsp3) is 0.636. The summed E-state index contributed by atoms with van der Waals surface area (Å²) in [5, 5.41) is 0. The first kappa shape index (κ1) is 12.1. The molecule has 1 saturated heterocycles. The van der Waals surface area contributed by atoms with E-state index < -0.39 is 0 Å². The normalized spacial score (nSPS) is 17.2. The molecule has 2 heterocycles. The van der Waals surface area contributed by atoms with Gasteiger partial charge in [0, 0.05) is 25.8 Å². The lowest BCUT2D eigenvalue weighted by Gasteiger charge is -2.33. The first-order valence-electron chi connectivity index (χ1n) is 5.82. The minimum Gasteiger partial charge on any atom is -0.381 e. The zero-order chi connectivity index (χ0) is 12.3. The quantitative estimate of drug-likeness (QED) is 0.595. The molecule has 1 aromatic rings. The van der Waals surface area contributed by atoms with Gasteiger partial charge in [0.15, 0.2) is 0 Å². The number of hydrogen-bond acceptors (Lipinski definition) is 6. The first-order chi connectivity index (χ1) is 8.26. The van der Waals surface area contributed by atoms with E-state index in [0.717, 1.165) is 37.3 Å². The minimum atomic E-state index is 0.375. The number of hydrogen-bond donors (Lipinski definition) is 2. The number of anilines is 2. The van der Waals surface area contributed by atoms with Crippen LogP contribution in [0.15, 0.2) is 6.33 Å². The number of nitrogens with one attached hydrogen (secondary N) is 1. The molecule has 0 radical (unpaired) electrons. The van der Waals surface area contributed by atoms with E-state index >= 15 is 0 Å². The Labute approximate surface area is 101 Å². The summed E-state index contributed by atoms with van der Waals surface area (Å²) < 4.78 is 5.36. The molecule has 0 amide bonds. The predicted octanol–water partition coefficient (Wildman–Crippen LogP) is 0.686. The van der Waals surface area contributed by atoms with Gasteiger partial charge in [-0.15, -0.1) is 0 Å². The molecule has 94 valence electrons. The summed E-state index contributed by atoms with van der Waals surface area (Å²) >= 11 is 0. The van der Waals surface area contributed by atoms with Crippen LogP contribution in [0, 0.1) is 6.92 Å². The molecule has 0 aliphatic carbocycles. The Bertz CT molecular complexity index is 376. The van der Waals surface area contributed by atoms with Gasteiger partial charge < -0.3 is 15.1 Å². The average Bonchev–Trinajstić information content (AvgIpc) is 2.39. The zero-order valence-electron chi connectivity index (χ0n) is 10.3. The molecule has 0 spiro atoms. The van der Waals surface area contributed by atoms with Crippen LogP contribution < -0.4 is 16.2 Å². The Kier molecular flexibility index (Phi) is 3.75. The lowest BCUT2D eigenvalue weighted by atomic mass is 10.1. The number of rotatable bonds is 3. The zero-order valence-corrected chi connectivity index (χ0v) is 10.3. The molecule has 6 nitrogen and oxygen atoms in total. The van der Waals surface area contributed by atoms with E-state index in [0.29, 0.717) is 11.9 Å². The number of nitrogens with zero attached hydrogens (tertiary/aromatic N) is 3. The Morgan fingerprint density at radius 1 is 1.41 bits per heavy atom. The smallest absolute Gasteiger partial charge is 0.148 e. The molecule has 17 heavy (non-hydrogen) atoms. The molecule has 0 saturated carbocycles. The average molecular weight is 237 g/mol. The van der Waals surface area contributed by atoms with Gasteiger partial charge >= 0.3 is 0 Å². The summed E-state index contributed by atoms with van der Waals surface area (Å²) in [5.41, 5.74) is 3.58. The molecule has 3 N–H and O–H groups in total. The van der Waals surface area contributed by atoms with Crippen molar-refractivity contribution in [2.24, 2.45) is 5.84 Å². The largest absolute Gasteiger partial charge is 0.381 e. The molecule has 1 fully saturated rings. The third-order valence-electron chi connectivity index (χ3n) is 3.27. The molecule has 0 unspecified atom stereocenters. The van der Waals surface area contributed by atoms with E-state index in [-0.39, 0.29) is 0 Å². The van der Waals surface area contributed by atoms with Crippen molar-refractivity contribution in [1.29, 1.82) is 0 Å². The summed E-state index contributed by atoms with van der Waals surface area (Å²) in [6, 6.07) is 0. The number of methoxy groups -OCH3 is 1. The molecule has 6 heteroatoms. The lowest BCUT2D eigenvalue weighted by molar-refractivity contribution is 0.0818.